The van der Waals surface area contributed by atoms with Gasteiger partial charge >= 0.3 is 0 Å². The molecule has 250 valence electrons. The van der Waals surface area contributed by atoms with Crippen LogP contribution in [0.25, 0.3) is 0 Å². The predicted octanol–water partition coefficient (Wildman–Crippen LogP) is 11.6. The Kier molecular flexibility index (Phi) is 7.26. The topological polar surface area (TPSA) is 12.0 Å². The maximum absolute atomic E-state index is 3.94. The Balaban J connectivity index is 1.09. The lowest BCUT2D eigenvalue weighted by Crippen LogP contribution is -2.38. The van der Waals surface area contributed by atoms with Crippen LogP contribution in [0.15, 0.2) is 153 Å². The molecule has 49 heavy (non-hydrogen) atoms. The summed E-state index contributed by atoms with van der Waals surface area (Å²) in [6.45, 7) is 4.76. The third-order valence-corrected chi connectivity index (χ3v) is 14.2. The normalized spacial score (nSPS) is 40.0. The lowest BCUT2D eigenvalue weighted by Gasteiger charge is -2.44. The van der Waals surface area contributed by atoms with Crippen molar-refractivity contribution >= 4 is 0 Å². The molecule has 10 rings (SSSR count). The minimum absolute atomic E-state index is 0.108. The van der Waals surface area contributed by atoms with Crippen LogP contribution in [0.2, 0.25) is 0 Å². The molecule has 0 aromatic heterocycles. The van der Waals surface area contributed by atoms with E-state index in [1.54, 1.807) is 27.9 Å². The Labute approximate surface area is 294 Å². The monoisotopic (exact) mass is 643 g/mol. The van der Waals surface area contributed by atoms with Gasteiger partial charge in [0.2, 0.25) is 0 Å². The molecular weight excluding hydrogens is 591 g/mol. The van der Waals surface area contributed by atoms with Crippen LogP contribution in [0.5, 0.6) is 0 Å². The van der Waals surface area contributed by atoms with E-state index in [-0.39, 0.29) is 5.41 Å². The molecule has 1 heterocycles. The molecule has 0 saturated carbocycles. The van der Waals surface area contributed by atoms with Crippen LogP contribution in [0.1, 0.15) is 84.5 Å². The Morgan fingerprint density at radius 3 is 2.47 bits per heavy atom. The number of allylic oxidation sites excluding steroid dienone is 25. The van der Waals surface area contributed by atoms with Gasteiger partial charge in [-0.1, -0.05) is 115 Å². The molecule has 1 heteroatoms. The molecule has 1 aliphatic heterocycles. The highest BCUT2D eigenvalue weighted by molar-refractivity contribution is 5.63. The van der Waals surface area contributed by atoms with Crippen molar-refractivity contribution < 1.29 is 0 Å². The minimum Gasteiger partial charge on any atom is -0.383 e. The van der Waals surface area contributed by atoms with Crippen LogP contribution >= 0.6 is 0 Å². The fraction of sp³-hybridized carbons (Fsp3) is 0.458. The van der Waals surface area contributed by atoms with Crippen molar-refractivity contribution in [3.63, 3.8) is 0 Å². The van der Waals surface area contributed by atoms with Gasteiger partial charge in [-0.25, -0.2) is 0 Å². The van der Waals surface area contributed by atoms with Gasteiger partial charge < -0.3 is 5.32 Å². The van der Waals surface area contributed by atoms with Crippen molar-refractivity contribution in [3.8, 4) is 0 Å². The van der Waals surface area contributed by atoms with E-state index < -0.39 is 0 Å². The maximum atomic E-state index is 3.94. The molecule has 1 N–H and O–H groups in total. The standard InChI is InChI=1S/C48H53N/c1-30-23-31(2)49-47(24-30)38-27-36(34-20-19-32-11-3-4-12-33(32)25-34)26-37(28-38)35-21-22-42-41-15-7-10-18-45(41)48(46(42)29-35)43-16-8-5-13-39(43)40-14-6-9-17-44(40)48/h4-5,8-9,12-13,16-17,19-22,24,26,28-31,34,36,39,42-43,46,49H,3,6-7,10-11,14-15,18,23,25,27H2,1-2H3. The van der Waals surface area contributed by atoms with Crippen molar-refractivity contribution in [2.75, 3.05) is 0 Å². The van der Waals surface area contributed by atoms with E-state index in [9.17, 15) is 0 Å². The van der Waals surface area contributed by atoms with Crippen molar-refractivity contribution in [1.29, 1.82) is 0 Å². The largest absolute Gasteiger partial charge is 0.383 e. The van der Waals surface area contributed by atoms with Crippen LogP contribution in [-0.2, 0) is 0 Å². The van der Waals surface area contributed by atoms with Gasteiger partial charge in [-0.05, 0) is 135 Å². The van der Waals surface area contributed by atoms with Crippen LogP contribution in [-0.4, -0.2) is 6.04 Å². The summed E-state index contributed by atoms with van der Waals surface area (Å²) in [6, 6.07) is 0.516. The number of rotatable bonds is 3. The first-order chi connectivity index (χ1) is 24.1. The Bertz CT molecular complexity index is 1880. The molecule has 9 aliphatic carbocycles. The van der Waals surface area contributed by atoms with E-state index in [0.29, 0.717) is 47.5 Å². The van der Waals surface area contributed by atoms with E-state index in [1.807, 2.05) is 5.57 Å². The fourth-order valence-corrected chi connectivity index (χ4v) is 12.3. The van der Waals surface area contributed by atoms with E-state index >= 15 is 0 Å². The summed E-state index contributed by atoms with van der Waals surface area (Å²) in [5.41, 5.74) is 16.2. The summed E-state index contributed by atoms with van der Waals surface area (Å²) in [7, 11) is 0. The van der Waals surface area contributed by atoms with Crippen molar-refractivity contribution in [3.05, 3.63) is 153 Å². The fourth-order valence-electron chi connectivity index (χ4n) is 12.3. The van der Waals surface area contributed by atoms with Crippen molar-refractivity contribution in [2.24, 2.45) is 46.8 Å². The molecule has 9 unspecified atom stereocenters. The quantitative estimate of drug-likeness (QED) is 0.302. The van der Waals surface area contributed by atoms with Gasteiger partial charge in [-0.15, -0.1) is 0 Å². The highest BCUT2D eigenvalue weighted by Gasteiger charge is 2.62. The van der Waals surface area contributed by atoms with E-state index in [4.69, 9.17) is 0 Å². The smallest absolute Gasteiger partial charge is 0.0337 e. The van der Waals surface area contributed by atoms with Crippen LogP contribution < -0.4 is 5.32 Å². The Hall–Kier alpha value is -3.58. The zero-order valence-electron chi connectivity index (χ0n) is 29.6. The van der Waals surface area contributed by atoms with E-state index in [0.717, 1.165) is 6.42 Å². The molecule has 0 radical (unpaired) electrons. The van der Waals surface area contributed by atoms with Gasteiger partial charge in [0.05, 0.1) is 0 Å². The summed E-state index contributed by atoms with van der Waals surface area (Å²) in [5.74, 6) is 3.80. The van der Waals surface area contributed by atoms with Crippen LogP contribution in [0.4, 0.5) is 0 Å². The lowest BCUT2D eigenvalue weighted by atomic mass is 9.58. The predicted molar refractivity (Wildman–Crippen MR) is 204 cm³/mol. The molecule has 0 aromatic carbocycles. The SMILES string of the molecule is CC1C=C(C2=CC(C3=CC4C(C=C3)C3=C(CCCC3)C43C4=C(CCC=C4)C4C=CC=CC43)=CC(C3C=CC4=C(C=CCC4)C3)C2)NC(C)C1. The first-order valence-electron chi connectivity index (χ1n) is 19.9. The van der Waals surface area contributed by atoms with Crippen molar-refractivity contribution in [1.82, 2.24) is 5.32 Å². The van der Waals surface area contributed by atoms with E-state index in [2.05, 4.69) is 116 Å². The van der Waals surface area contributed by atoms with Crippen molar-refractivity contribution in [2.45, 2.75) is 90.5 Å². The van der Waals surface area contributed by atoms with Gasteiger partial charge in [0.15, 0.2) is 0 Å². The first kappa shape index (κ1) is 30.3. The first-order valence-corrected chi connectivity index (χ1v) is 19.9. The molecule has 9 atom stereocenters. The number of fused-ring (bicyclic) bond motifs is 8. The van der Waals surface area contributed by atoms with Gasteiger partial charge in [0, 0.05) is 40.8 Å². The summed E-state index contributed by atoms with van der Waals surface area (Å²) >= 11 is 0. The molecule has 1 nitrogen and oxygen atoms in total. The minimum atomic E-state index is 0.108. The number of hydrogen-bond acceptors (Lipinski definition) is 1. The summed E-state index contributed by atoms with van der Waals surface area (Å²) in [4.78, 5) is 0. The highest BCUT2D eigenvalue weighted by atomic mass is 14.9. The average Bonchev–Trinajstić information content (AvgIpc) is 3.61. The second kappa shape index (κ2) is 11.8. The van der Waals surface area contributed by atoms with Crippen LogP contribution in [0.3, 0.4) is 0 Å². The van der Waals surface area contributed by atoms with Gasteiger partial charge in [-0.3, -0.25) is 0 Å². The zero-order valence-corrected chi connectivity index (χ0v) is 29.6. The maximum Gasteiger partial charge on any atom is 0.0337 e. The Morgan fingerprint density at radius 1 is 0.673 bits per heavy atom. The second-order valence-electron chi connectivity index (χ2n) is 17.0. The summed E-state index contributed by atoms with van der Waals surface area (Å²) in [6.07, 6.45) is 54.4. The van der Waals surface area contributed by atoms with Crippen LogP contribution in [0, 0.1) is 46.8 Å². The Morgan fingerprint density at radius 2 is 1.53 bits per heavy atom. The molecular formula is C48H53N. The summed E-state index contributed by atoms with van der Waals surface area (Å²) < 4.78 is 0. The van der Waals surface area contributed by atoms with Gasteiger partial charge in [-0.2, -0.15) is 0 Å². The average molecular weight is 644 g/mol. The van der Waals surface area contributed by atoms with Gasteiger partial charge in [0.25, 0.3) is 0 Å². The molecule has 1 spiro atoms. The second-order valence-corrected chi connectivity index (χ2v) is 17.0. The zero-order chi connectivity index (χ0) is 32.7. The number of nitrogens with one attached hydrogen (secondary N) is 1. The molecule has 0 amide bonds. The summed E-state index contributed by atoms with van der Waals surface area (Å²) in [5, 5.41) is 3.94. The molecule has 0 saturated heterocycles. The number of hydrogen-bond donors (Lipinski definition) is 1. The molecule has 0 bridgehead atoms. The van der Waals surface area contributed by atoms with E-state index in [1.165, 1.54) is 86.6 Å². The van der Waals surface area contributed by atoms with Gasteiger partial charge in [0.1, 0.15) is 0 Å². The third-order valence-electron chi connectivity index (χ3n) is 14.2. The lowest BCUT2D eigenvalue weighted by molar-refractivity contribution is 0.227. The third kappa shape index (κ3) is 4.70. The highest BCUT2D eigenvalue weighted by Crippen LogP contribution is 2.71. The molecule has 0 aromatic rings. The molecule has 0 fully saturated rings. The molecule has 10 aliphatic rings.